The Bertz CT molecular complexity index is 304. The van der Waals surface area contributed by atoms with Gasteiger partial charge in [-0.15, -0.1) is 0 Å². The van der Waals surface area contributed by atoms with E-state index in [0.717, 1.165) is 0 Å². The Balaban J connectivity index is 1.98. The molecule has 0 saturated carbocycles. The third-order valence-electron chi connectivity index (χ3n) is 3.79. The van der Waals surface area contributed by atoms with Crippen LogP contribution in [0.4, 0.5) is 0 Å². The van der Waals surface area contributed by atoms with Crippen LogP contribution in [0.2, 0.25) is 0 Å². The predicted octanol–water partition coefficient (Wildman–Crippen LogP) is 4.72. The Morgan fingerprint density at radius 2 is 1.42 bits per heavy atom. The van der Waals surface area contributed by atoms with Crippen molar-refractivity contribution in [2.45, 2.75) is 91.1 Å². The average molecular weight is 265 g/mol. The number of imidazole rings is 1. The van der Waals surface area contributed by atoms with Crippen LogP contribution in [-0.2, 0) is 13.1 Å². The number of hydrogen-bond donors (Lipinski definition) is 0. The predicted molar refractivity (Wildman–Crippen MR) is 82.1 cm³/mol. The molecule has 0 aliphatic carbocycles. The summed E-state index contributed by atoms with van der Waals surface area (Å²) in [5.74, 6) is 0. The van der Waals surface area contributed by atoms with Gasteiger partial charge in [0.2, 0.25) is 6.33 Å². The molecular formula is C17H33N2+. The highest BCUT2D eigenvalue weighted by Gasteiger charge is 2.02. The molecular weight excluding hydrogens is 232 g/mol. The van der Waals surface area contributed by atoms with Crippen molar-refractivity contribution in [3.05, 3.63) is 18.7 Å². The van der Waals surface area contributed by atoms with Gasteiger partial charge >= 0.3 is 0 Å². The van der Waals surface area contributed by atoms with E-state index < -0.39 is 0 Å². The van der Waals surface area contributed by atoms with Gasteiger partial charge in [0.15, 0.2) is 0 Å². The lowest BCUT2D eigenvalue weighted by atomic mass is 10.1. The lowest BCUT2D eigenvalue weighted by Gasteiger charge is -2.00. The molecule has 0 bridgehead atoms. The molecule has 0 aromatic carbocycles. The highest BCUT2D eigenvalue weighted by atomic mass is 15.1. The van der Waals surface area contributed by atoms with E-state index in [0.29, 0.717) is 0 Å². The highest BCUT2D eigenvalue weighted by Crippen LogP contribution is 2.08. The standard InChI is InChI=1S/C17H33N2/c1-3-5-7-8-9-10-11-12-14-19-16-15-18(17-19)13-6-4-2/h15-17H,3-14H2,1-2H3/q+1. The number of hydrogen-bond acceptors (Lipinski definition) is 0. The first-order valence-electron chi connectivity index (χ1n) is 8.41. The van der Waals surface area contributed by atoms with Crippen molar-refractivity contribution >= 4 is 0 Å². The Morgan fingerprint density at radius 1 is 0.789 bits per heavy atom. The third-order valence-corrected chi connectivity index (χ3v) is 3.79. The maximum absolute atomic E-state index is 2.34. The summed E-state index contributed by atoms with van der Waals surface area (Å²) >= 11 is 0. The first kappa shape index (κ1) is 16.3. The zero-order valence-electron chi connectivity index (χ0n) is 13.1. The Hall–Kier alpha value is -0.790. The summed E-state index contributed by atoms with van der Waals surface area (Å²) in [6.45, 7) is 6.89. The van der Waals surface area contributed by atoms with Gasteiger partial charge in [0.1, 0.15) is 12.4 Å². The first-order chi connectivity index (χ1) is 9.36. The second-order valence-electron chi connectivity index (χ2n) is 5.72. The van der Waals surface area contributed by atoms with Crippen LogP contribution in [0.5, 0.6) is 0 Å². The molecule has 2 nitrogen and oxygen atoms in total. The van der Waals surface area contributed by atoms with E-state index >= 15 is 0 Å². The summed E-state index contributed by atoms with van der Waals surface area (Å²) in [4.78, 5) is 0. The van der Waals surface area contributed by atoms with Crippen molar-refractivity contribution in [3.8, 4) is 0 Å². The van der Waals surface area contributed by atoms with E-state index in [1.165, 1.54) is 77.3 Å². The van der Waals surface area contributed by atoms with E-state index in [1.54, 1.807) is 0 Å². The van der Waals surface area contributed by atoms with Crippen molar-refractivity contribution in [1.29, 1.82) is 0 Å². The smallest absolute Gasteiger partial charge is 0.237 e. The summed E-state index contributed by atoms with van der Waals surface area (Å²) in [6.07, 6.45) is 20.5. The molecule has 19 heavy (non-hydrogen) atoms. The van der Waals surface area contributed by atoms with Gasteiger partial charge in [-0.1, -0.05) is 58.8 Å². The van der Waals surface area contributed by atoms with E-state index in [4.69, 9.17) is 0 Å². The maximum Gasteiger partial charge on any atom is 0.243 e. The second-order valence-corrected chi connectivity index (χ2v) is 5.72. The molecule has 0 N–H and O–H groups in total. The number of aryl methyl sites for hydroxylation is 2. The topological polar surface area (TPSA) is 8.81 Å². The zero-order chi connectivity index (χ0) is 13.8. The van der Waals surface area contributed by atoms with Gasteiger partial charge < -0.3 is 0 Å². The van der Waals surface area contributed by atoms with Gasteiger partial charge in [0.25, 0.3) is 0 Å². The lowest BCUT2D eigenvalue weighted by Crippen LogP contribution is -2.30. The van der Waals surface area contributed by atoms with Gasteiger partial charge in [-0.2, -0.15) is 0 Å². The molecule has 1 aromatic rings. The lowest BCUT2D eigenvalue weighted by molar-refractivity contribution is -0.696. The largest absolute Gasteiger partial charge is 0.243 e. The molecule has 0 saturated heterocycles. The second kappa shape index (κ2) is 11.1. The molecule has 0 radical (unpaired) electrons. The van der Waals surface area contributed by atoms with Crippen molar-refractivity contribution in [3.63, 3.8) is 0 Å². The van der Waals surface area contributed by atoms with Crippen LogP contribution in [0, 0.1) is 0 Å². The summed E-state index contributed by atoms with van der Waals surface area (Å²) in [6, 6.07) is 0. The first-order valence-corrected chi connectivity index (χ1v) is 8.41. The number of unbranched alkanes of at least 4 members (excludes halogenated alkanes) is 8. The van der Waals surface area contributed by atoms with E-state index in [2.05, 4.69) is 41.7 Å². The number of aromatic nitrogens is 2. The minimum absolute atomic E-state index is 1.17. The molecule has 0 amide bonds. The molecule has 2 heteroatoms. The molecule has 0 aliphatic heterocycles. The monoisotopic (exact) mass is 265 g/mol. The zero-order valence-corrected chi connectivity index (χ0v) is 13.1. The van der Waals surface area contributed by atoms with E-state index in [-0.39, 0.29) is 0 Å². The molecule has 0 aliphatic rings. The maximum atomic E-state index is 2.34. The molecule has 1 rings (SSSR count). The van der Waals surface area contributed by atoms with Crippen molar-refractivity contribution in [2.24, 2.45) is 0 Å². The average Bonchev–Trinajstić information content (AvgIpc) is 2.87. The quantitative estimate of drug-likeness (QED) is 0.382. The number of rotatable bonds is 12. The van der Waals surface area contributed by atoms with E-state index in [1.807, 2.05) is 0 Å². The summed E-state index contributed by atoms with van der Waals surface area (Å²) in [5, 5.41) is 0. The Labute approximate surface area is 119 Å². The third kappa shape index (κ3) is 8.07. The minimum Gasteiger partial charge on any atom is -0.237 e. The Morgan fingerprint density at radius 3 is 2.11 bits per heavy atom. The summed E-state index contributed by atoms with van der Waals surface area (Å²) < 4.78 is 4.65. The van der Waals surface area contributed by atoms with E-state index in [9.17, 15) is 0 Å². The number of nitrogens with zero attached hydrogens (tertiary/aromatic N) is 2. The molecule has 1 heterocycles. The van der Waals surface area contributed by atoms with Crippen LogP contribution in [0.3, 0.4) is 0 Å². The van der Waals surface area contributed by atoms with Crippen LogP contribution in [0.25, 0.3) is 0 Å². The van der Waals surface area contributed by atoms with Crippen LogP contribution >= 0.6 is 0 Å². The summed E-state index contributed by atoms with van der Waals surface area (Å²) in [5.41, 5.74) is 0. The van der Waals surface area contributed by atoms with Gasteiger partial charge in [-0.25, -0.2) is 9.13 Å². The van der Waals surface area contributed by atoms with Crippen LogP contribution in [0.1, 0.15) is 78.1 Å². The fraction of sp³-hybridized carbons (Fsp3) is 0.824. The molecule has 110 valence electrons. The molecule has 0 unspecified atom stereocenters. The Kier molecular flexibility index (Phi) is 9.48. The van der Waals surface area contributed by atoms with Crippen LogP contribution in [0.15, 0.2) is 18.7 Å². The van der Waals surface area contributed by atoms with Gasteiger partial charge in [0, 0.05) is 0 Å². The van der Waals surface area contributed by atoms with Gasteiger partial charge in [-0.05, 0) is 19.3 Å². The molecule has 0 spiro atoms. The fourth-order valence-electron chi connectivity index (χ4n) is 2.47. The SMILES string of the molecule is CCCCCCCCCCn1cc[n+](CCCC)c1. The minimum atomic E-state index is 1.17. The molecule has 0 fully saturated rings. The van der Waals surface area contributed by atoms with Crippen LogP contribution in [-0.4, -0.2) is 4.57 Å². The van der Waals surface area contributed by atoms with Crippen molar-refractivity contribution in [1.82, 2.24) is 4.57 Å². The summed E-state index contributed by atoms with van der Waals surface area (Å²) in [7, 11) is 0. The highest BCUT2D eigenvalue weighted by molar-refractivity contribution is 4.66. The fourth-order valence-corrected chi connectivity index (χ4v) is 2.47. The molecule has 0 atom stereocenters. The van der Waals surface area contributed by atoms with Crippen LogP contribution < -0.4 is 4.57 Å². The van der Waals surface area contributed by atoms with Crippen molar-refractivity contribution < 1.29 is 4.57 Å². The van der Waals surface area contributed by atoms with Crippen molar-refractivity contribution in [2.75, 3.05) is 0 Å². The van der Waals surface area contributed by atoms with Gasteiger partial charge in [0.05, 0.1) is 13.1 Å². The normalized spacial score (nSPS) is 11.1. The van der Waals surface area contributed by atoms with Gasteiger partial charge in [-0.3, -0.25) is 0 Å². The molecule has 1 aromatic heterocycles.